The molecular formula is H3Cl3Nb. The Hall–Kier alpha value is 1.61. The minimum atomic E-state index is 0. The molecule has 0 bridgehead atoms. The molecule has 4 heavy (non-hydrogen) atoms. The van der Waals surface area contributed by atoms with Crippen molar-refractivity contribution in [3.63, 3.8) is 0 Å². The summed E-state index contributed by atoms with van der Waals surface area (Å²) in [4.78, 5) is 0. The van der Waals surface area contributed by atoms with Crippen LogP contribution in [0.15, 0.2) is 0 Å². The van der Waals surface area contributed by atoms with Crippen LogP contribution in [0, 0.1) is 0 Å². The average molecular weight is 202 g/mol. The van der Waals surface area contributed by atoms with Crippen LogP contribution in [0.3, 0.4) is 0 Å². The fraction of sp³-hybridized carbons (Fsp3) is 0. The Morgan fingerprint density at radius 1 is 0.500 bits per heavy atom. The summed E-state index contributed by atoms with van der Waals surface area (Å²) in [6, 6.07) is 0. The molecular weight excluding hydrogens is 199 g/mol. The molecule has 0 amide bonds. The molecule has 0 atom stereocenters. The van der Waals surface area contributed by atoms with E-state index < -0.39 is 0 Å². The van der Waals surface area contributed by atoms with Crippen LogP contribution in [0.5, 0.6) is 0 Å². The summed E-state index contributed by atoms with van der Waals surface area (Å²) >= 11 is 0. The van der Waals surface area contributed by atoms with Gasteiger partial charge in [-0.3, -0.25) is 0 Å². The molecule has 0 aliphatic heterocycles. The Morgan fingerprint density at radius 3 is 0.500 bits per heavy atom. The molecule has 0 aliphatic carbocycles. The minimum Gasteiger partial charge on any atom is -0.147 e. The summed E-state index contributed by atoms with van der Waals surface area (Å²) in [7, 11) is 0. The second-order valence-corrected chi connectivity index (χ2v) is 0. The van der Waals surface area contributed by atoms with E-state index in [2.05, 4.69) is 0 Å². The maximum absolute atomic E-state index is 0. The fourth-order valence-electron chi connectivity index (χ4n) is 0. The zero-order valence-electron chi connectivity index (χ0n) is 1.67. The zero-order chi connectivity index (χ0) is 0. The summed E-state index contributed by atoms with van der Waals surface area (Å²) in [5.41, 5.74) is 0. The molecule has 0 saturated carbocycles. The standard InChI is InChI=1S/3ClH.Nb/h3*1H;. The van der Waals surface area contributed by atoms with Crippen LogP contribution in [0.4, 0.5) is 0 Å². The van der Waals surface area contributed by atoms with E-state index >= 15 is 0 Å². The molecule has 0 spiro atoms. The van der Waals surface area contributed by atoms with Gasteiger partial charge in [-0.2, -0.15) is 0 Å². The SMILES string of the molecule is Cl.Cl.Cl.[Nb]. The summed E-state index contributed by atoms with van der Waals surface area (Å²) in [6.45, 7) is 0. The van der Waals surface area contributed by atoms with Gasteiger partial charge in [-0.25, -0.2) is 0 Å². The van der Waals surface area contributed by atoms with E-state index in [1.54, 1.807) is 0 Å². The topological polar surface area (TPSA) is 0 Å². The molecule has 1 radical (unpaired) electrons. The molecule has 0 fully saturated rings. The smallest absolute Gasteiger partial charge is 0 e. The Labute approximate surface area is 59.5 Å². The van der Waals surface area contributed by atoms with Gasteiger partial charge >= 0.3 is 0 Å². The van der Waals surface area contributed by atoms with E-state index in [0.717, 1.165) is 0 Å². The second kappa shape index (κ2) is 23.2. The Balaban J connectivity index is 0. The molecule has 0 N–H and O–H groups in total. The van der Waals surface area contributed by atoms with Crippen LogP contribution in [-0.4, -0.2) is 0 Å². The third kappa shape index (κ3) is 9.49. The van der Waals surface area contributed by atoms with Gasteiger partial charge in [0.15, 0.2) is 0 Å². The molecule has 0 unspecified atom stereocenters. The summed E-state index contributed by atoms with van der Waals surface area (Å²) in [5.74, 6) is 0. The van der Waals surface area contributed by atoms with E-state index in [9.17, 15) is 0 Å². The first-order valence-electron chi connectivity index (χ1n) is 0. The Kier molecular flexibility index (Phi) is 266. The predicted molar refractivity (Wildman–Crippen MR) is 21.7 cm³/mol. The van der Waals surface area contributed by atoms with Crippen molar-refractivity contribution in [1.29, 1.82) is 0 Å². The van der Waals surface area contributed by atoms with Crippen LogP contribution in [-0.2, 0) is 22.4 Å². The van der Waals surface area contributed by atoms with E-state index in [-0.39, 0.29) is 59.6 Å². The van der Waals surface area contributed by atoms with Gasteiger partial charge in [0.1, 0.15) is 0 Å². The maximum atomic E-state index is 0. The largest absolute Gasteiger partial charge is 0.147 e. The van der Waals surface area contributed by atoms with Crippen LogP contribution < -0.4 is 0 Å². The number of hydrogen-bond acceptors (Lipinski definition) is 0. The zero-order valence-corrected chi connectivity index (χ0v) is 6.32. The number of rotatable bonds is 0. The van der Waals surface area contributed by atoms with Crippen molar-refractivity contribution in [1.82, 2.24) is 0 Å². The summed E-state index contributed by atoms with van der Waals surface area (Å²) in [6.07, 6.45) is 0. The van der Waals surface area contributed by atoms with E-state index in [0.29, 0.717) is 0 Å². The second-order valence-electron chi connectivity index (χ2n) is 0. The van der Waals surface area contributed by atoms with Gasteiger partial charge in [-0.05, 0) is 0 Å². The van der Waals surface area contributed by atoms with Gasteiger partial charge in [-0.15, -0.1) is 37.2 Å². The van der Waals surface area contributed by atoms with Crippen LogP contribution in [0.25, 0.3) is 0 Å². The minimum absolute atomic E-state index is 0. The van der Waals surface area contributed by atoms with Crippen LogP contribution >= 0.6 is 37.2 Å². The molecule has 0 rings (SSSR count). The monoisotopic (exact) mass is 201 g/mol. The van der Waals surface area contributed by atoms with Crippen molar-refractivity contribution < 1.29 is 22.4 Å². The van der Waals surface area contributed by atoms with Gasteiger partial charge in [0.05, 0.1) is 0 Å². The predicted octanol–water partition coefficient (Wildman–Crippen LogP) is 1.26. The Morgan fingerprint density at radius 2 is 0.500 bits per heavy atom. The third-order valence-electron chi connectivity index (χ3n) is 0. The normalized spacial score (nSPS) is 0. The van der Waals surface area contributed by atoms with Crippen molar-refractivity contribution >= 4 is 37.2 Å². The third-order valence-corrected chi connectivity index (χ3v) is 0. The molecule has 0 aromatic heterocycles. The molecule has 0 saturated heterocycles. The molecule has 0 nitrogen and oxygen atoms in total. The van der Waals surface area contributed by atoms with Gasteiger partial charge in [0.25, 0.3) is 0 Å². The van der Waals surface area contributed by atoms with E-state index in [1.807, 2.05) is 0 Å². The van der Waals surface area contributed by atoms with Gasteiger partial charge in [0.2, 0.25) is 0 Å². The first-order valence-corrected chi connectivity index (χ1v) is 0. The van der Waals surface area contributed by atoms with Crippen molar-refractivity contribution in [2.24, 2.45) is 0 Å². The average Bonchev–Trinajstić information content (AvgIpc) is 0. The molecule has 0 aromatic carbocycles. The quantitative estimate of drug-likeness (QED) is 0.519. The maximum Gasteiger partial charge on any atom is 0 e. The van der Waals surface area contributed by atoms with Crippen molar-refractivity contribution in [3.05, 3.63) is 0 Å². The van der Waals surface area contributed by atoms with Crippen molar-refractivity contribution in [2.45, 2.75) is 0 Å². The van der Waals surface area contributed by atoms with Crippen LogP contribution in [0.1, 0.15) is 0 Å². The van der Waals surface area contributed by atoms with Gasteiger partial charge < -0.3 is 0 Å². The first-order chi connectivity index (χ1) is 0. The molecule has 0 heterocycles. The molecule has 4 heteroatoms. The first kappa shape index (κ1) is 46.0. The molecule has 29 valence electrons. The fourth-order valence-corrected chi connectivity index (χ4v) is 0. The van der Waals surface area contributed by atoms with E-state index in [1.165, 1.54) is 0 Å². The summed E-state index contributed by atoms with van der Waals surface area (Å²) < 4.78 is 0. The number of hydrogen-bond donors (Lipinski definition) is 0. The van der Waals surface area contributed by atoms with Crippen LogP contribution in [0.2, 0.25) is 0 Å². The van der Waals surface area contributed by atoms with Gasteiger partial charge in [0, 0.05) is 22.4 Å². The number of halogens is 3. The Bertz CT molecular complexity index is 3.25. The molecule has 0 aliphatic rings. The van der Waals surface area contributed by atoms with Crippen molar-refractivity contribution in [3.8, 4) is 0 Å². The van der Waals surface area contributed by atoms with E-state index in [4.69, 9.17) is 0 Å². The summed E-state index contributed by atoms with van der Waals surface area (Å²) in [5, 5.41) is 0. The van der Waals surface area contributed by atoms with Gasteiger partial charge in [-0.1, -0.05) is 0 Å². The van der Waals surface area contributed by atoms with Crippen molar-refractivity contribution in [2.75, 3.05) is 0 Å². The molecule has 0 aromatic rings.